The molecule has 0 fully saturated rings. The average molecular weight is 350 g/mol. The minimum atomic E-state index is -0.718. The second kappa shape index (κ2) is 8.45. The van der Waals surface area contributed by atoms with E-state index in [4.69, 9.17) is 16.3 Å². The molecule has 0 saturated heterocycles. The maximum Gasteiger partial charge on any atom is 0.310 e. The van der Waals surface area contributed by atoms with Crippen LogP contribution < -0.4 is 5.32 Å². The van der Waals surface area contributed by atoms with Crippen LogP contribution in [0.4, 0.5) is 4.39 Å². The molecule has 1 N–H and O–H groups in total. The third-order valence-corrected chi connectivity index (χ3v) is 3.78. The molecule has 6 heteroatoms. The Morgan fingerprint density at radius 3 is 2.54 bits per heavy atom. The first-order valence-electron chi connectivity index (χ1n) is 7.40. The molecule has 126 valence electrons. The van der Waals surface area contributed by atoms with E-state index in [1.165, 1.54) is 18.2 Å². The van der Waals surface area contributed by atoms with E-state index in [2.05, 4.69) is 5.32 Å². The second-order valence-corrected chi connectivity index (χ2v) is 5.64. The number of amides is 1. The Hall–Kier alpha value is -2.40. The van der Waals surface area contributed by atoms with Gasteiger partial charge in [-0.2, -0.15) is 0 Å². The number of halogens is 2. The zero-order valence-corrected chi connectivity index (χ0v) is 13.8. The van der Waals surface area contributed by atoms with Crippen molar-refractivity contribution in [2.75, 3.05) is 6.61 Å². The summed E-state index contributed by atoms with van der Waals surface area (Å²) >= 11 is 5.85. The molecule has 0 spiro atoms. The number of carbonyl (C=O) groups is 2. The summed E-state index contributed by atoms with van der Waals surface area (Å²) in [6.45, 7) is 1.40. The van der Waals surface area contributed by atoms with Crippen LogP contribution >= 0.6 is 11.6 Å². The SMILES string of the molecule is C[C@@H](NC(=O)COC(=O)Cc1c(F)cccc1Cl)c1ccccc1. The number of hydrogen-bond donors (Lipinski definition) is 1. The highest BCUT2D eigenvalue weighted by Gasteiger charge is 2.15. The Morgan fingerprint density at radius 1 is 1.17 bits per heavy atom. The van der Waals surface area contributed by atoms with Crippen molar-refractivity contribution in [3.8, 4) is 0 Å². The molecule has 0 aliphatic carbocycles. The molecule has 2 rings (SSSR count). The Morgan fingerprint density at radius 2 is 1.88 bits per heavy atom. The third-order valence-electron chi connectivity index (χ3n) is 3.42. The maximum atomic E-state index is 13.6. The molecule has 0 radical (unpaired) electrons. The molecule has 0 heterocycles. The Labute approximate surface area is 144 Å². The van der Waals surface area contributed by atoms with Crippen molar-refractivity contribution in [1.82, 2.24) is 5.32 Å². The lowest BCUT2D eigenvalue weighted by molar-refractivity contribution is -0.148. The number of ether oxygens (including phenoxy) is 1. The van der Waals surface area contributed by atoms with Gasteiger partial charge >= 0.3 is 5.97 Å². The summed E-state index contributed by atoms with van der Waals surface area (Å²) in [6.07, 6.45) is -0.326. The van der Waals surface area contributed by atoms with Crippen molar-refractivity contribution in [2.24, 2.45) is 0 Å². The molecular formula is C18H17ClFNO3. The predicted octanol–water partition coefficient (Wildman–Crippen LogP) is 3.44. The summed E-state index contributed by atoms with van der Waals surface area (Å²) < 4.78 is 18.5. The van der Waals surface area contributed by atoms with Crippen molar-refractivity contribution in [3.63, 3.8) is 0 Å². The highest BCUT2D eigenvalue weighted by atomic mass is 35.5. The predicted molar refractivity (Wildman–Crippen MR) is 89.1 cm³/mol. The smallest absolute Gasteiger partial charge is 0.310 e. The topological polar surface area (TPSA) is 55.4 Å². The summed E-state index contributed by atoms with van der Waals surface area (Å²) in [5.41, 5.74) is 0.998. The summed E-state index contributed by atoms with van der Waals surface area (Å²) in [7, 11) is 0. The van der Waals surface area contributed by atoms with Crippen LogP contribution in [-0.4, -0.2) is 18.5 Å². The summed E-state index contributed by atoms with van der Waals surface area (Å²) in [4.78, 5) is 23.6. The fourth-order valence-corrected chi connectivity index (χ4v) is 2.38. The maximum absolute atomic E-state index is 13.6. The number of carbonyl (C=O) groups excluding carboxylic acids is 2. The van der Waals surface area contributed by atoms with Gasteiger partial charge in [0.1, 0.15) is 5.82 Å². The number of rotatable bonds is 6. The molecule has 0 unspecified atom stereocenters. The van der Waals surface area contributed by atoms with Gasteiger partial charge < -0.3 is 10.1 Å². The van der Waals surface area contributed by atoms with Crippen molar-refractivity contribution >= 4 is 23.5 Å². The number of benzene rings is 2. The first-order valence-corrected chi connectivity index (χ1v) is 7.78. The lowest BCUT2D eigenvalue weighted by Crippen LogP contribution is -2.31. The van der Waals surface area contributed by atoms with Gasteiger partial charge in [-0.3, -0.25) is 9.59 Å². The van der Waals surface area contributed by atoms with Gasteiger partial charge in [-0.05, 0) is 24.6 Å². The number of esters is 1. The van der Waals surface area contributed by atoms with E-state index in [1.54, 1.807) is 0 Å². The van der Waals surface area contributed by atoms with E-state index in [9.17, 15) is 14.0 Å². The van der Waals surface area contributed by atoms with E-state index < -0.39 is 24.3 Å². The number of hydrogen-bond acceptors (Lipinski definition) is 3. The van der Waals surface area contributed by atoms with Crippen molar-refractivity contribution < 1.29 is 18.7 Å². The summed E-state index contributed by atoms with van der Waals surface area (Å²) in [5.74, 6) is -1.73. The van der Waals surface area contributed by atoms with E-state index in [0.29, 0.717) is 0 Å². The number of nitrogens with one attached hydrogen (secondary N) is 1. The lowest BCUT2D eigenvalue weighted by Gasteiger charge is -2.14. The van der Waals surface area contributed by atoms with Gasteiger partial charge in [0.25, 0.3) is 5.91 Å². The molecule has 1 atom stereocenters. The zero-order chi connectivity index (χ0) is 17.5. The van der Waals surface area contributed by atoms with Gasteiger partial charge in [-0.1, -0.05) is 48.0 Å². The Balaban J connectivity index is 1.82. The molecule has 0 aliphatic heterocycles. The van der Waals surface area contributed by atoms with Crippen LogP contribution in [-0.2, 0) is 20.7 Å². The molecule has 2 aromatic rings. The highest BCUT2D eigenvalue weighted by Crippen LogP contribution is 2.19. The van der Waals surface area contributed by atoms with Gasteiger partial charge in [0, 0.05) is 10.6 Å². The van der Waals surface area contributed by atoms with Gasteiger partial charge in [-0.25, -0.2) is 4.39 Å². The van der Waals surface area contributed by atoms with E-state index in [-0.39, 0.29) is 23.0 Å². The average Bonchev–Trinajstić information content (AvgIpc) is 2.57. The summed E-state index contributed by atoms with van der Waals surface area (Å²) in [6, 6.07) is 13.3. The molecular weight excluding hydrogens is 333 g/mol. The monoisotopic (exact) mass is 349 g/mol. The zero-order valence-electron chi connectivity index (χ0n) is 13.1. The highest BCUT2D eigenvalue weighted by molar-refractivity contribution is 6.31. The fraction of sp³-hybridized carbons (Fsp3) is 0.222. The molecule has 0 bridgehead atoms. The van der Waals surface area contributed by atoms with Crippen LogP contribution in [0, 0.1) is 5.82 Å². The van der Waals surface area contributed by atoms with E-state index in [1.807, 2.05) is 37.3 Å². The second-order valence-electron chi connectivity index (χ2n) is 5.24. The van der Waals surface area contributed by atoms with E-state index in [0.717, 1.165) is 5.56 Å². The van der Waals surface area contributed by atoms with Gasteiger partial charge in [0.05, 0.1) is 12.5 Å². The molecule has 1 amide bonds. The van der Waals surface area contributed by atoms with Crippen molar-refractivity contribution in [3.05, 3.63) is 70.5 Å². The van der Waals surface area contributed by atoms with Crippen LogP contribution in [0.15, 0.2) is 48.5 Å². The minimum absolute atomic E-state index is 0.0576. The van der Waals surface area contributed by atoms with E-state index >= 15 is 0 Å². The first-order chi connectivity index (χ1) is 11.5. The molecule has 0 saturated carbocycles. The van der Waals surface area contributed by atoms with Gasteiger partial charge in [0.2, 0.25) is 0 Å². The van der Waals surface area contributed by atoms with Gasteiger partial charge in [-0.15, -0.1) is 0 Å². The molecule has 2 aromatic carbocycles. The Kier molecular flexibility index (Phi) is 6.32. The molecule has 24 heavy (non-hydrogen) atoms. The largest absolute Gasteiger partial charge is 0.455 e. The first kappa shape index (κ1) is 17.9. The lowest BCUT2D eigenvalue weighted by atomic mass is 10.1. The molecule has 4 nitrogen and oxygen atoms in total. The quantitative estimate of drug-likeness (QED) is 0.813. The fourth-order valence-electron chi connectivity index (χ4n) is 2.15. The van der Waals surface area contributed by atoms with Crippen LogP contribution in [0.5, 0.6) is 0 Å². The van der Waals surface area contributed by atoms with Crippen molar-refractivity contribution in [1.29, 1.82) is 0 Å². The molecule has 0 aromatic heterocycles. The van der Waals surface area contributed by atoms with Crippen LogP contribution in [0.1, 0.15) is 24.1 Å². The molecule has 0 aliphatic rings. The third kappa shape index (κ3) is 5.06. The van der Waals surface area contributed by atoms with Crippen molar-refractivity contribution in [2.45, 2.75) is 19.4 Å². The minimum Gasteiger partial charge on any atom is -0.455 e. The van der Waals surface area contributed by atoms with Crippen LogP contribution in [0.3, 0.4) is 0 Å². The van der Waals surface area contributed by atoms with Crippen LogP contribution in [0.25, 0.3) is 0 Å². The summed E-state index contributed by atoms with van der Waals surface area (Å²) in [5, 5.41) is 2.87. The normalized spacial score (nSPS) is 11.6. The van der Waals surface area contributed by atoms with Gasteiger partial charge in [0.15, 0.2) is 6.61 Å². The van der Waals surface area contributed by atoms with Crippen LogP contribution in [0.2, 0.25) is 5.02 Å². The Bertz CT molecular complexity index is 701. The standard InChI is InChI=1S/C18H17ClFNO3/c1-12(13-6-3-2-4-7-13)21-17(22)11-24-18(23)10-14-15(19)8-5-9-16(14)20/h2-9,12H,10-11H2,1H3,(H,21,22)/t12-/m1/s1.